The molecule has 0 fully saturated rings. The number of benzene rings is 1. The average Bonchev–Trinajstić information content (AvgIpc) is 2.44. The van der Waals surface area contributed by atoms with Gasteiger partial charge in [0.2, 0.25) is 0 Å². The van der Waals surface area contributed by atoms with Crippen LogP contribution in [-0.4, -0.2) is 18.0 Å². The minimum absolute atomic E-state index is 0.242. The molecule has 1 aromatic heterocycles. The highest BCUT2D eigenvalue weighted by molar-refractivity contribution is 6.08. The summed E-state index contributed by atoms with van der Waals surface area (Å²) in [5.74, 6) is -0.110. The monoisotopic (exact) mass is 286 g/mol. The average molecular weight is 286 g/mol. The van der Waals surface area contributed by atoms with Crippen LogP contribution in [0.2, 0.25) is 0 Å². The Labute approximate surface area is 121 Å². The molecular weight excluding hydrogens is 272 g/mol. The van der Waals surface area contributed by atoms with E-state index in [1.165, 1.54) is 25.1 Å². The summed E-state index contributed by atoms with van der Waals surface area (Å²) in [4.78, 5) is 23.6. The van der Waals surface area contributed by atoms with Gasteiger partial charge in [0.05, 0.1) is 7.11 Å². The van der Waals surface area contributed by atoms with Crippen molar-refractivity contribution in [3.05, 3.63) is 63.7 Å². The van der Waals surface area contributed by atoms with Gasteiger partial charge in [0, 0.05) is 6.07 Å². The van der Waals surface area contributed by atoms with E-state index in [1.807, 2.05) is 0 Å². The van der Waals surface area contributed by atoms with E-state index in [2.05, 4.69) is 0 Å². The van der Waals surface area contributed by atoms with Crippen LogP contribution in [0.25, 0.3) is 6.08 Å². The summed E-state index contributed by atoms with van der Waals surface area (Å²) in [6.45, 7) is 1.52. The molecule has 1 aromatic carbocycles. The zero-order chi connectivity index (χ0) is 15.4. The zero-order valence-corrected chi connectivity index (χ0v) is 11.6. The van der Waals surface area contributed by atoms with Gasteiger partial charge in [-0.2, -0.15) is 0 Å². The van der Waals surface area contributed by atoms with Crippen LogP contribution in [-0.2, 0) is 0 Å². The van der Waals surface area contributed by atoms with E-state index in [0.717, 1.165) is 5.56 Å². The highest BCUT2D eigenvalue weighted by Gasteiger charge is 2.15. The number of carbonyl (C=O) groups is 1. The van der Waals surface area contributed by atoms with Gasteiger partial charge in [-0.05, 0) is 30.7 Å². The van der Waals surface area contributed by atoms with Crippen LogP contribution in [0.5, 0.6) is 11.5 Å². The van der Waals surface area contributed by atoms with Crippen molar-refractivity contribution in [1.29, 1.82) is 0 Å². The Morgan fingerprint density at radius 2 is 2.10 bits per heavy atom. The van der Waals surface area contributed by atoms with Gasteiger partial charge < -0.3 is 14.3 Å². The molecule has 0 amide bonds. The standard InChI is InChI=1S/C16H14O5/c1-10-8-14(18)15(16(19)21-10)13(17)7-6-11-4-3-5-12(9-11)20-2/h3-9,18H,1-2H3/b7-6+. The van der Waals surface area contributed by atoms with Gasteiger partial charge in [-0.3, -0.25) is 4.79 Å². The third-order valence-electron chi connectivity index (χ3n) is 2.82. The number of rotatable bonds is 4. The van der Waals surface area contributed by atoms with Crippen LogP contribution in [0.1, 0.15) is 21.7 Å². The number of hydrogen-bond donors (Lipinski definition) is 1. The van der Waals surface area contributed by atoms with Gasteiger partial charge in [0.25, 0.3) is 0 Å². The molecule has 108 valence electrons. The molecular formula is C16H14O5. The summed E-state index contributed by atoms with van der Waals surface area (Å²) in [7, 11) is 1.55. The molecule has 0 spiro atoms. The van der Waals surface area contributed by atoms with Crippen LogP contribution in [0, 0.1) is 6.92 Å². The van der Waals surface area contributed by atoms with Crippen molar-refractivity contribution in [2.45, 2.75) is 6.92 Å². The number of aryl methyl sites for hydroxylation is 1. The second-order valence-electron chi connectivity index (χ2n) is 4.38. The fourth-order valence-corrected chi connectivity index (χ4v) is 1.82. The summed E-state index contributed by atoms with van der Waals surface area (Å²) in [6.07, 6.45) is 2.74. The lowest BCUT2D eigenvalue weighted by Gasteiger charge is -2.01. The number of ether oxygens (including phenoxy) is 1. The van der Waals surface area contributed by atoms with Crippen molar-refractivity contribution in [3.63, 3.8) is 0 Å². The first kappa shape index (κ1) is 14.6. The molecule has 0 radical (unpaired) electrons. The maximum Gasteiger partial charge on any atom is 0.351 e. The van der Waals surface area contributed by atoms with E-state index in [4.69, 9.17) is 9.15 Å². The Morgan fingerprint density at radius 1 is 1.33 bits per heavy atom. The van der Waals surface area contributed by atoms with Gasteiger partial charge in [-0.25, -0.2) is 4.79 Å². The molecule has 0 bridgehead atoms. The minimum Gasteiger partial charge on any atom is -0.507 e. The first-order valence-corrected chi connectivity index (χ1v) is 6.21. The van der Waals surface area contributed by atoms with E-state index < -0.39 is 11.4 Å². The third kappa shape index (κ3) is 3.39. The number of carbonyl (C=O) groups excluding carboxylic acids is 1. The molecule has 21 heavy (non-hydrogen) atoms. The van der Waals surface area contributed by atoms with Crippen molar-refractivity contribution in [2.24, 2.45) is 0 Å². The Morgan fingerprint density at radius 3 is 2.76 bits per heavy atom. The second kappa shape index (κ2) is 6.09. The number of allylic oxidation sites excluding steroid dienone is 1. The Bertz CT molecular complexity index is 756. The summed E-state index contributed by atoms with van der Waals surface area (Å²) in [5, 5.41) is 9.69. The highest BCUT2D eigenvalue weighted by atomic mass is 16.5. The molecule has 2 aromatic rings. The van der Waals surface area contributed by atoms with Crippen LogP contribution < -0.4 is 10.4 Å². The topological polar surface area (TPSA) is 76.7 Å². The first-order valence-electron chi connectivity index (χ1n) is 6.21. The summed E-state index contributed by atoms with van der Waals surface area (Å²) in [5.41, 5.74) is -0.494. The predicted molar refractivity (Wildman–Crippen MR) is 77.7 cm³/mol. The lowest BCUT2D eigenvalue weighted by Crippen LogP contribution is -2.12. The summed E-state index contributed by atoms with van der Waals surface area (Å²) in [6, 6.07) is 8.30. The maximum absolute atomic E-state index is 12.0. The third-order valence-corrected chi connectivity index (χ3v) is 2.82. The quantitative estimate of drug-likeness (QED) is 0.690. The maximum atomic E-state index is 12.0. The highest BCUT2D eigenvalue weighted by Crippen LogP contribution is 2.17. The van der Waals surface area contributed by atoms with Crippen molar-refractivity contribution in [2.75, 3.05) is 7.11 Å². The van der Waals surface area contributed by atoms with E-state index in [-0.39, 0.29) is 17.1 Å². The van der Waals surface area contributed by atoms with Crippen LogP contribution >= 0.6 is 0 Å². The molecule has 0 aliphatic rings. The van der Waals surface area contributed by atoms with Crippen molar-refractivity contribution >= 4 is 11.9 Å². The number of methoxy groups -OCH3 is 1. The number of ketones is 1. The normalized spacial score (nSPS) is 10.8. The molecule has 2 rings (SSSR count). The molecule has 0 saturated carbocycles. The molecule has 5 heteroatoms. The largest absolute Gasteiger partial charge is 0.507 e. The van der Waals surface area contributed by atoms with Gasteiger partial charge >= 0.3 is 5.63 Å². The van der Waals surface area contributed by atoms with E-state index in [1.54, 1.807) is 31.4 Å². The smallest absolute Gasteiger partial charge is 0.351 e. The van der Waals surface area contributed by atoms with Crippen LogP contribution in [0.4, 0.5) is 0 Å². The van der Waals surface area contributed by atoms with Crippen LogP contribution in [0.15, 0.2) is 45.6 Å². The van der Waals surface area contributed by atoms with Crippen molar-refractivity contribution in [3.8, 4) is 11.5 Å². The molecule has 0 unspecified atom stereocenters. The molecule has 1 N–H and O–H groups in total. The van der Waals surface area contributed by atoms with Crippen LogP contribution in [0.3, 0.4) is 0 Å². The lowest BCUT2D eigenvalue weighted by molar-refractivity contribution is 0.104. The summed E-state index contributed by atoms with van der Waals surface area (Å²) < 4.78 is 9.88. The molecule has 0 saturated heterocycles. The van der Waals surface area contributed by atoms with Gasteiger partial charge in [-0.1, -0.05) is 18.2 Å². The fraction of sp³-hybridized carbons (Fsp3) is 0.125. The van der Waals surface area contributed by atoms with E-state index >= 15 is 0 Å². The Kier molecular flexibility index (Phi) is 4.23. The van der Waals surface area contributed by atoms with Crippen molar-refractivity contribution < 1.29 is 19.1 Å². The number of hydrogen-bond acceptors (Lipinski definition) is 5. The summed E-state index contributed by atoms with van der Waals surface area (Å²) >= 11 is 0. The van der Waals surface area contributed by atoms with Gasteiger partial charge in [0.1, 0.15) is 22.8 Å². The molecule has 5 nitrogen and oxygen atoms in total. The number of aromatic hydroxyl groups is 1. The Hall–Kier alpha value is -2.82. The van der Waals surface area contributed by atoms with E-state index in [9.17, 15) is 14.7 Å². The van der Waals surface area contributed by atoms with Gasteiger partial charge in [0.15, 0.2) is 5.78 Å². The van der Waals surface area contributed by atoms with Gasteiger partial charge in [-0.15, -0.1) is 0 Å². The SMILES string of the molecule is COc1cccc(/C=C/C(=O)c2c(O)cc(C)oc2=O)c1. The van der Waals surface area contributed by atoms with Crippen molar-refractivity contribution in [1.82, 2.24) is 0 Å². The first-order chi connectivity index (χ1) is 10.0. The Balaban J connectivity index is 2.29. The fourth-order valence-electron chi connectivity index (χ4n) is 1.82. The zero-order valence-electron chi connectivity index (χ0n) is 11.6. The molecule has 1 heterocycles. The second-order valence-corrected chi connectivity index (χ2v) is 4.38. The molecule has 0 aliphatic heterocycles. The molecule has 0 atom stereocenters. The lowest BCUT2D eigenvalue weighted by atomic mass is 10.1. The predicted octanol–water partition coefficient (Wildman–Crippen LogP) is 2.56. The minimum atomic E-state index is -0.854. The molecule has 0 aliphatic carbocycles. The van der Waals surface area contributed by atoms with E-state index in [0.29, 0.717) is 5.75 Å².